The molecule has 1 atom stereocenters. The van der Waals surface area contributed by atoms with Crippen molar-refractivity contribution in [3.05, 3.63) is 53.1 Å². The molecule has 1 amide bonds. The minimum absolute atomic E-state index is 0.221. The summed E-state index contributed by atoms with van der Waals surface area (Å²) >= 11 is 0. The first kappa shape index (κ1) is 25.2. The normalized spacial score (nSPS) is 16.6. The Kier molecular flexibility index (Phi) is 7.82. The van der Waals surface area contributed by atoms with Gasteiger partial charge in [0.15, 0.2) is 6.10 Å². The molecule has 1 aliphatic rings. The fourth-order valence-electron chi connectivity index (χ4n) is 3.83. The van der Waals surface area contributed by atoms with E-state index in [0.717, 1.165) is 11.1 Å². The molecule has 1 aliphatic heterocycles. The molecule has 1 N–H and O–H groups in total. The topological polar surface area (TPSA) is 78.9 Å². The van der Waals surface area contributed by atoms with E-state index in [4.69, 9.17) is 4.74 Å². The molecular formula is C25H35N3O4S. The molecule has 8 heteroatoms. The summed E-state index contributed by atoms with van der Waals surface area (Å²) in [5.74, 6) is 0.614. The second-order valence-electron chi connectivity index (χ2n) is 9.13. The van der Waals surface area contributed by atoms with Gasteiger partial charge in [-0.25, -0.2) is 8.42 Å². The summed E-state index contributed by atoms with van der Waals surface area (Å²) in [7, 11) is -1.66. The number of amides is 1. The average molecular weight is 474 g/mol. The smallest absolute Gasteiger partial charge is 0.265 e. The molecule has 0 aromatic heterocycles. The van der Waals surface area contributed by atoms with Gasteiger partial charge in [-0.3, -0.25) is 4.79 Å². The number of hydrogen-bond acceptors (Lipinski definition) is 5. The molecule has 3 rings (SSSR count). The number of aryl methyl sites for hydroxylation is 2. The van der Waals surface area contributed by atoms with E-state index in [9.17, 15) is 13.2 Å². The summed E-state index contributed by atoms with van der Waals surface area (Å²) in [6, 6.07) is 11.0. The molecule has 0 bridgehead atoms. The number of ether oxygens (including phenoxy) is 1. The fraction of sp³-hybridized carbons (Fsp3) is 0.480. The van der Waals surface area contributed by atoms with E-state index < -0.39 is 16.1 Å². The lowest BCUT2D eigenvalue weighted by molar-refractivity contribution is -0.122. The van der Waals surface area contributed by atoms with E-state index >= 15 is 0 Å². The molecule has 0 saturated carbocycles. The molecule has 7 nitrogen and oxygen atoms in total. The largest absolute Gasteiger partial charge is 0.481 e. The predicted molar refractivity (Wildman–Crippen MR) is 131 cm³/mol. The van der Waals surface area contributed by atoms with Crippen LogP contribution in [0.2, 0.25) is 0 Å². The highest BCUT2D eigenvalue weighted by Crippen LogP contribution is 2.29. The number of anilines is 1. The maximum atomic E-state index is 13.2. The number of benzene rings is 2. The SMILES string of the molecule is Cc1ccc(C(C)C)c(O[C@H](C)C(=O)Nc2ccc(C)c(S(=O)(=O)N3CCN(C)CC3)c2)c1. The number of nitrogens with zero attached hydrogens (tertiary/aromatic N) is 2. The van der Waals surface area contributed by atoms with Gasteiger partial charge in [-0.2, -0.15) is 4.31 Å². The maximum Gasteiger partial charge on any atom is 0.265 e. The highest BCUT2D eigenvalue weighted by molar-refractivity contribution is 7.89. The third kappa shape index (κ3) is 5.93. The average Bonchev–Trinajstić information content (AvgIpc) is 2.75. The van der Waals surface area contributed by atoms with Crippen LogP contribution in [0.5, 0.6) is 5.75 Å². The van der Waals surface area contributed by atoms with Gasteiger partial charge in [0.05, 0.1) is 4.90 Å². The quantitative estimate of drug-likeness (QED) is 0.662. The summed E-state index contributed by atoms with van der Waals surface area (Å²) < 4.78 is 34.0. The lowest BCUT2D eigenvalue weighted by Gasteiger charge is -2.32. The van der Waals surface area contributed by atoms with Gasteiger partial charge in [-0.1, -0.05) is 32.0 Å². The first-order chi connectivity index (χ1) is 15.5. The number of nitrogens with one attached hydrogen (secondary N) is 1. The zero-order valence-electron chi connectivity index (χ0n) is 20.4. The Morgan fingerprint density at radius 1 is 1.00 bits per heavy atom. The molecule has 33 heavy (non-hydrogen) atoms. The third-order valence-corrected chi connectivity index (χ3v) is 8.04. The van der Waals surface area contributed by atoms with Crippen molar-refractivity contribution in [1.82, 2.24) is 9.21 Å². The first-order valence-corrected chi connectivity index (χ1v) is 12.8. The van der Waals surface area contributed by atoms with Crippen molar-refractivity contribution >= 4 is 21.6 Å². The standard InChI is InChI=1S/C25H35N3O4S/c1-17(2)22-10-7-18(3)15-23(22)32-20(5)25(29)26-21-9-8-19(4)24(16-21)33(30,31)28-13-11-27(6)12-14-28/h7-10,15-17,20H,11-14H2,1-6H3,(H,26,29)/t20-/m1/s1. The molecular weight excluding hydrogens is 438 g/mol. The molecule has 1 heterocycles. The van der Waals surface area contributed by atoms with Crippen molar-refractivity contribution in [3.8, 4) is 5.75 Å². The molecule has 0 radical (unpaired) electrons. The van der Waals surface area contributed by atoms with Crippen molar-refractivity contribution in [2.24, 2.45) is 0 Å². The molecule has 1 fully saturated rings. The van der Waals surface area contributed by atoms with Gasteiger partial charge in [-0.05, 0) is 68.6 Å². The first-order valence-electron chi connectivity index (χ1n) is 11.4. The van der Waals surface area contributed by atoms with Crippen LogP contribution in [0.15, 0.2) is 41.3 Å². The van der Waals surface area contributed by atoms with Gasteiger partial charge >= 0.3 is 0 Å². The fourth-order valence-corrected chi connectivity index (χ4v) is 5.50. The molecule has 2 aromatic rings. The van der Waals surface area contributed by atoms with Crippen LogP contribution in [0.1, 0.15) is 43.4 Å². The number of piperazine rings is 1. The zero-order valence-corrected chi connectivity index (χ0v) is 21.2. The number of hydrogen-bond donors (Lipinski definition) is 1. The third-order valence-electron chi connectivity index (χ3n) is 6.00. The van der Waals surface area contributed by atoms with E-state index in [1.165, 1.54) is 4.31 Å². The van der Waals surface area contributed by atoms with Gasteiger partial charge in [0.1, 0.15) is 5.75 Å². The summed E-state index contributed by atoms with van der Waals surface area (Å²) in [6.45, 7) is 11.9. The van der Waals surface area contributed by atoms with Crippen molar-refractivity contribution < 1.29 is 17.9 Å². The van der Waals surface area contributed by atoms with Crippen molar-refractivity contribution in [3.63, 3.8) is 0 Å². The summed E-state index contributed by atoms with van der Waals surface area (Å²) in [5.41, 5.74) is 3.18. The highest BCUT2D eigenvalue weighted by atomic mass is 32.2. The van der Waals surface area contributed by atoms with Crippen LogP contribution in [0.4, 0.5) is 5.69 Å². The Morgan fingerprint density at radius 2 is 1.67 bits per heavy atom. The zero-order chi connectivity index (χ0) is 24.3. The summed E-state index contributed by atoms with van der Waals surface area (Å²) in [5, 5.41) is 2.82. The Morgan fingerprint density at radius 3 is 2.30 bits per heavy atom. The Labute approximate surface area is 197 Å². The number of likely N-dealkylation sites (N-methyl/N-ethyl adjacent to an activating group) is 1. The van der Waals surface area contributed by atoms with Gasteiger partial charge < -0.3 is 15.0 Å². The van der Waals surface area contributed by atoms with Gasteiger partial charge in [0.25, 0.3) is 5.91 Å². The van der Waals surface area contributed by atoms with Crippen LogP contribution in [-0.2, 0) is 14.8 Å². The van der Waals surface area contributed by atoms with E-state index in [1.54, 1.807) is 32.0 Å². The van der Waals surface area contributed by atoms with E-state index in [1.807, 2.05) is 32.2 Å². The summed E-state index contributed by atoms with van der Waals surface area (Å²) in [4.78, 5) is 15.2. The molecule has 2 aromatic carbocycles. The number of rotatable bonds is 7. The van der Waals surface area contributed by atoms with Crippen LogP contribution in [-0.4, -0.2) is 62.9 Å². The van der Waals surface area contributed by atoms with Crippen LogP contribution in [0.25, 0.3) is 0 Å². The maximum absolute atomic E-state index is 13.2. The van der Waals surface area contributed by atoms with Crippen LogP contribution < -0.4 is 10.1 Å². The minimum atomic E-state index is -3.64. The lowest BCUT2D eigenvalue weighted by atomic mass is 10.0. The number of sulfonamides is 1. The number of carbonyl (C=O) groups excluding carboxylic acids is 1. The predicted octanol–water partition coefficient (Wildman–Crippen LogP) is 3.77. The van der Waals surface area contributed by atoms with E-state index in [2.05, 4.69) is 24.1 Å². The Hall–Kier alpha value is -2.42. The van der Waals surface area contributed by atoms with Gasteiger partial charge in [-0.15, -0.1) is 0 Å². The van der Waals surface area contributed by atoms with Gasteiger partial charge in [0, 0.05) is 31.9 Å². The van der Waals surface area contributed by atoms with E-state index in [-0.39, 0.29) is 16.7 Å². The lowest BCUT2D eigenvalue weighted by Crippen LogP contribution is -2.47. The van der Waals surface area contributed by atoms with Crippen molar-refractivity contribution in [1.29, 1.82) is 0 Å². The molecule has 180 valence electrons. The molecule has 0 unspecified atom stereocenters. The second kappa shape index (κ2) is 10.2. The van der Waals surface area contributed by atoms with Crippen LogP contribution in [0.3, 0.4) is 0 Å². The monoisotopic (exact) mass is 473 g/mol. The highest BCUT2D eigenvalue weighted by Gasteiger charge is 2.29. The van der Waals surface area contributed by atoms with Crippen molar-refractivity contribution in [2.75, 3.05) is 38.5 Å². The molecule has 0 spiro atoms. The van der Waals surface area contributed by atoms with Crippen LogP contribution >= 0.6 is 0 Å². The van der Waals surface area contributed by atoms with Crippen molar-refractivity contribution in [2.45, 2.75) is 51.5 Å². The molecule has 0 aliphatic carbocycles. The number of carbonyl (C=O) groups is 1. The van der Waals surface area contributed by atoms with E-state index in [0.29, 0.717) is 43.2 Å². The van der Waals surface area contributed by atoms with Crippen LogP contribution in [0, 0.1) is 13.8 Å². The minimum Gasteiger partial charge on any atom is -0.481 e. The molecule has 1 saturated heterocycles. The summed E-state index contributed by atoms with van der Waals surface area (Å²) in [6.07, 6.45) is -0.747. The van der Waals surface area contributed by atoms with Gasteiger partial charge in [0.2, 0.25) is 10.0 Å². The Bertz CT molecular complexity index is 1110. The second-order valence-corrected chi connectivity index (χ2v) is 11.0. The Balaban J connectivity index is 1.76.